The molecule has 0 N–H and O–H groups in total. The molecular weight excluding hydrogens is 400 g/mol. The zero-order chi connectivity index (χ0) is 20.3. The van der Waals surface area contributed by atoms with E-state index in [9.17, 15) is 13.2 Å². The molecule has 8 heteroatoms. The van der Waals surface area contributed by atoms with Crippen molar-refractivity contribution in [3.63, 3.8) is 0 Å². The first-order valence-corrected chi connectivity index (χ1v) is 9.99. The molecule has 0 amide bonds. The average Bonchev–Trinajstić information content (AvgIpc) is 2.70. The van der Waals surface area contributed by atoms with E-state index in [1.165, 1.54) is 31.3 Å². The molecule has 142 valence electrons. The second kappa shape index (κ2) is 7.98. The molecule has 0 fully saturated rings. The highest BCUT2D eigenvalue weighted by atomic mass is 35.5. The number of carbonyl (C=O) groups is 1. The maximum absolute atomic E-state index is 12.6. The fourth-order valence-electron chi connectivity index (χ4n) is 2.63. The van der Waals surface area contributed by atoms with Crippen LogP contribution in [-0.2, 0) is 14.8 Å². The maximum atomic E-state index is 12.6. The molecule has 3 rings (SSSR count). The van der Waals surface area contributed by atoms with Crippen molar-refractivity contribution in [3.8, 4) is 11.8 Å². The summed E-state index contributed by atoms with van der Waals surface area (Å²) in [6.07, 6.45) is 0. The number of hydrogen-bond acceptors (Lipinski definition) is 5. The molecule has 3 aromatic rings. The summed E-state index contributed by atoms with van der Waals surface area (Å²) in [5.41, 5.74) is 0.343. The zero-order valence-electron chi connectivity index (χ0n) is 14.8. The average molecular weight is 415 g/mol. The topological polar surface area (TPSA) is 87.5 Å². The molecule has 0 unspecified atom stereocenters. The Morgan fingerprint density at radius 3 is 2.36 bits per heavy atom. The molecule has 0 spiro atoms. The number of ether oxygens (including phenoxy) is 1. The minimum atomic E-state index is -3.90. The number of fused-ring (bicyclic) bond motifs is 1. The molecule has 0 radical (unpaired) electrons. The van der Waals surface area contributed by atoms with Crippen molar-refractivity contribution in [2.75, 3.05) is 13.6 Å². The van der Waals surface area contributed by atoms with E-state index in [1.807, 2.05) is 12.1 Å². The fraction of sp³-hybridized carbons (Fsp3) is 0.100. The quantitative estimate of drug-likeness (QED) is 0.470. The Morgan fingerprint density at radius 2 is 1.71 bits per heavy atom. The number of benzene rings is 3. The molecule has 0 bridgehead atoms. The van der Waals surface area contributed by atoms with Gasteiger partial charge in [0, 0.05) is 22.8 Å². The highest BCUT2D eigenvalue weighted by Crippen LogP contribution is 2.31. The van der Waals surface area contributed by atoms with Gasteiger partial charge in [0.05, 0.1) is 16.5 Å². The summed E-state index contributed by atoms with van der Waals surface area (Å²) in [6, 6.07) is 17.7. The zero-order valence-corrected chi connectivity index (χ0v) is 16.4. The lowest BCUT2D eigenvalue weighted by molar-refractivity contribution is -0.134. The highest BCUT2D eigenvalue weighted by molar-refractivity contribution is 7.89. The van der Waals surface area contributed by atoms with Crippen LogP contribution < -0.4 is 4.74 Å². The molecule has 0 heterocycles. The minimum absolute atomic E-state index is 0.0151. The van der Waals surface area contributed by atoms with Gasteiger partial charge in [-0.15, -0.1) is 0 Å². The van der Waals surface area contributed by atoms with Crippen molar-refractivity contribution < 1.29 is 17.9 Å². The molecule has 6 nitrogen and oxygen atoms in total. The number of esters is 1. The van der Waals surface area contributed by atoms with Crippen LogP contribution in [0.2, 0.25) is 5.02 Å². The normalized spacial score (nSPS) is 11.4. The predicted octanol–water partition coefficient (Wildman–Crippen LogP) is 3.59. The smallest absolute Gasteiger partial charge is 0.326 e. The van der Waals surface area contributed by atoms with Crippen LogP contribution in [0.15, 0.2) is 65.6 Å². The Labute approximate surface area is 167 Å². The van der Waals surface area contributed by atoms with E-state index in [-0.39, 0.29) is 4.90 Å². The minimum Gasteiger partial charge on any atom is -0.425 e. The summed E-state index contributed by atoms with van der Waals surface area (Å²) < 4.78 is 31.5. The molecule has 0 aliphatic heterocycles. The Morgan fingerprint density at radius 1 is 1.07 bits per heavy atom. The maximum Gasteiger partial charge on any atom is 0.326 e. The van der Waals surface area contributed by atoms with Crippen LogP contribution in [0.25, 0.3) is 10.8 Å². The molecule has 0 aliphatic carbocycles. The largest absolute Gasteiger partial charge is 0.425 e. The van der Waals surface area contributed by atoms with Crippen LogP contribution in [0.4, 0.5) is 0 Å². The second-order valence-electron chi connectivity index (χ2n) is 5.96. The highest BCUT2D eigenvalue weighted by Gasteiger charge is 2.24. The van der Waals surface area contributed by atoms with E-state index in [0.717, 1.165) is 9.69 Å². The lowest BCUT2D eigenvalue weighted by atomic mass is 10.1. The van der Waals surface area contributed by atoms with Gasteiger partial charge in [-0.3, -0.25) is 4.79 Å². The molecule has 28 heavy (non-hydrogen) atoms. The monoisotopic (exact) mass is 414 g/mol. The summed E-state index contributed by atoms with van der Waals surface area (Å²) in [4.78, 5) is 12.3. The van der Waals surface area contributed by atoms with Gasteiger partial charge in [0.2, 0.25) is 10.0 Å². The first kappa shape index (κ1) is 19.8. The van der Waals surface area contributed by atoms with Gasteiger partial charge in [0.15, 0.2) is 0 Å². The summed E-state index contributed by atoms with van der Waals surface area (Å²) in [6.45, 7) is -0.473. The summed E-state index contributed by atoms with van der Waals surface area (Å²) >= 11 is 6.15. The number of sulfonamides is 1. The molecule has 3 aromatic carbocycles. The van der Waals surface area contributed by atoms with Crippen LogP contribution in [0.3, 0.4) is 0 Å². The van der Waals surface area contributed by atoms with Gasteiger partial charge in [-0.1, -0.05) is 35.9 Å². The SMILES string of the molecule is CN(CC(=O)Oc1ccc(Cl)c2ccccc12)S(=O)(=O)c1ccc(C#N)cc1. The Bertz CT molecular complexity index is 1190. The third-order valence-corrected chi connectivity index (χ3v) is 6.25. The van der Waals surface area contributed by atoms with E-state index in [0.29, 0.717) is 21.7 Å². The van der Waals surface area contributed by atoms with Gasteiger partial charge in [0.25, 0.3) is 0 Å². The summed E-state index contributed by atoms with van der Waals surface area (Å²) in [7, 11) is -2.61. The van der Waals surface area contributed by atoms with Gasteiger partial charge >= 0.3 is 5.97 Å². The van der Waals surface area contributed by atoms with Crippen LogP contribution in [0.1, 0.15) is 5.56 Å². The van der Waals surface area contributed by atoms with E-state index < -0.39 is 22.5 Å². The number of rotatable bonds is 5. The van der Waals surface area contributed by atoms with Crippen LogP contribution in [0.5, 0.6) is 5.75 Å². The van der Waals surface area contributed by atoms with E-state index in [2.05, 4.69) is 0 Å². The fourth-order valence-corrected chi connectivity index (χ4v) is 3.97. The number of likely N-dealkylation sites (N-methyl/N-ethyl adjacent to an activating group) is 1. The summed E-state index contributed by atoms with van der Waals surface area (Å²) in [5.74, 6) is -0.429. The lowest BCUT2D eigenvalue weighted by Gasteiger charge is -2.17. The Balaban J connectivity index is 1.77. The lowest BCUT2D eigenvalue weighted by Crippen LogP contribution is -2.34. The third kappa shape index (κ3) is 3.99. The third-order valence-electron chi connectivity index (χ3n) is 4.10. The molecular formula is C20H15ClN2O4S. The van der Waals surface area contributed by atoms with Crippen LogP contribution in [-0.4, -0.2) is 32.3 Å². The standard InChI is InChI=1S/C20H15ClN2O4S/c1-23(28(25,26)15-8-6-14(12-22)7-9-15)13-20(24)27-19-11-10-18(21)16-4-2-3-5-17(16)19/h2-11H,13H2,1H3. The molecule has 0 saturated heterocycles. The summed E-state index contributed by atoms with van der Waals surface area (Å²) in [5, 5.41) is 10.7. The van der Waals surface area contributed by atoms with Crippen molar-refractivity contribution in [1.29, 1.82) is 5.26 Å². The van der Waals surface area contributed by atoms with E-state index >= 15 is 0 Å². The van der Waals surface area contributed by atoms with Crippen LogP contribution in [0, 0.1) is 11.3 Å². The number of hydrogen-bond donors (Lipinski definition) is 0. The first-order chi connectivity index (χ1) is 13.3. The Kier molecular flexibility index (Phi) is 5.66. The Hall–Kier alpha value is -2.92. The molecule has 0 atom stereocenters. The predicted molar refractivity (Wildman–Crippen MR) is 106 cm³/mol. The van der Waals surface area contributed by atoms with Gasteiger partial charge in [-0.05, 0) is 36.4 Å². The molecule has 0 aliphatic rings. The molecule has 0 aromatic heterocycles. The van der Waals surface area contributed by atoms with Crippen molar-refractivity contribution in [2.24, 2.45) is 0 Å². The van der Waals surface area contributed by atoms with Crippen molar-refractivity contribution in [1.82, 2.24) is 4.31 Å². The number of nitrogens with zero attached hydrogens (tertiary/aromatic N) is 2. The van der Waals surface area contributed by atoms with E-state index in [1.54, 1.807) is 30.3 Å². The van der Waals surface area contributed by atoms with Crippen molar-refractivity contribution in [2.45, 2.75) is 4.90 Å². The van der Waals surface area contributed by atoms with Gasteiger partial charge in [0.1, 0.15) is 12.3 Å². The van der Waals surface area contributed by atoms with Crippen LogP contribution >= 0.6 is 11.6 Å². The first-order valence-electron chi connectivity index (χ1n) is 8.17. The van der Waals surface area contributed by atoms with E-state index in [4.69, 9.17) is 21.6 Å². The van der Waals surface area contributed by atoms with Crippen molar-refractivity contribution >= 4 is 38.4 Å². The number of nitriles is 1. The van der Waals surface area contributed by atoms with Gasteiger partial charge in [-0.25, -0.2) is 8.42 Å². The van der Waals surface area contributed by atoms with Crippen molar-refractivity contribution in [3.05, 3.63) is 71.2 Å². The number of halogens is 1. The van der Waals surface area contributed by atoms with Gasteiger partial charge < -0.3 is 4.74 Å². The second-order valence-corrected chi connectivity index (χ2v) is 8.41. The molecule has 0 saturated carbocycles. The number of carbonyl (C=O) groups excluding carboxylic acids is 1. The van der Waals surface area contributed by atoms with Gasteiger partial charge in [-0.2, -0.15) is 9.57 Å².